The van der Waals surface area contributed by atoms with Gasteiger partial charge >= 0.3 is 5.97 Å². The standard InChI is InChI=1S/C16H24N4O3/c21-15(19-8-1-2-9-19)11-18-7-3-4-13(10-18)14-5-6-17-20(14)12-16(22)23/h5-6,13H,1-4,7-12H2,(H,22,23). The van der Waals surface area contributed by atoms with Gasteiger partial charge in [0.2, 0.25) is 5.91 Å². The number of hydrogen-bond donors (Lipinski definition) is 1. The fourth-order valence-electron chi connectivity index (χ4n) is 3.65. The predicted molar refractivity (Wildman–Crippen MR) is 84.1 cm³/mol. The second kappa shape index (κ2) is 7.12. The summed E-state index contributed by atoms with van der Waals surface area (Å²) in [5.74, 6) is -0.411. The Labute approximate surface area is 135 Å². The van der Waals surface area contributed by atoms with Gasteiger partial charge in [-0.05, 0) is 38.3 Å². The molecule has 2 fully saturated rings. The maximum absolute atomic E-state index is 12.3. The molecule has 1 N–H and O–H groups in total. The molecule has 1 atom stereocenters. The SMILES string of the molecule is O=C(O)Cn1nccc1C1CCCN(CC(=O)N2CCCC2)C1. The lowest BCUT2D eigenvalue weighted by atomic mass is 9.94. The summed E-state index contributed by atoms with van der Waals surface area (Å²) < 4.78 is 1.57. The number of carbonyl (C=O) groups is 2. The van der Waals surface area contributed by atoms with Gasteiger partial charge in [-0.1, -0.05) is 0 Å². The lowest BCUT2D eigenvalue weighted by molar-refractivity contribution is -0.138. The van der Waals surface area contributed by atoms with E-state index in [0.717, 1.165) is 57.6 Å². The molecule has 0 spiro atoms. The Hall–Kier alpha value is -1.89. The molecular formula is C16H24N4O3. The van der Waals surface area contributed by atoms with Gasteiger partial charge in [0.15, 0.2) is 0 Å². The van der Waals surface area contributed by atoms with E-state index in [1.807, 2.05) is 11.0 Å². The van der Waals surface area contributed by atoms with E-state index in [-0.39, 0.29) is 18.4 Å². The Morgan fingerprint density at radius 2 is 1.96 bits per heavy atom. The highest BCUT2D eigenvalue weighted by atomic mass is 16.4. The average molecular weight is 320 g/mol. The minimum atomic E-state index is -0.883. The van der Waals surface area contributed by atoms with Crippen LogP contribution in [0.4, 0.5) is 0 Å². The number of nitrogens with zero attached hydrogens (tertiary/aromatic N) is 4. The van der Waals surface area contributed by atoms with E-state index in [1.54, 1.807) is 10.9 Å². The molecule has 1 unspecified atom stereocenters. The second-order valence-electron chi connectivity index (χ2n) is 6.47. The number of hydrogen-bond acceptors (Lipinski definition) is 4. The quantitative estimate of drug-likeness (QED) is 0.867. The maximum atomic E-state index is 12.3. The van der Waals surface area contributed by atoms with Crippen molar-refractivity contribution in [1.82, 2.24) is 19.6 Å². The third kappa shape index (κ3) is 3.90. The molecule has 2 saturated heterocycles. The molecule has 7 nitrogen and oxygen atoms in total. The minimum absolute atomic E-state index is 0.106. The fourth-order valence-corrected chi connectivity index (χ4v) is 3.65. The fraction of sp³-hybridized carbons (Fsp3) is 0.688. The number of aromatic nitrogens is 2. The van der Waals surface area contributed by atoms with E-state index in [2.05, 4.69) is 10.00 Å². The van der Waals surface area contributed by atoms with Crippen LogP contribution in [0.25, 0.3) is 0 Å². The summed E-state index contributed by atoms with van der Waals surface area (Å²) in [6.07, 6.45) is 5.92. The summed E-state index contributed by atoms with van der Waals surface area (Å²) in [7, 11) is 0. The van der Waals surface area contributed by atoms with Gasteiger partial charge in [-0.3, -0.25) is 19.2 Å². The van der Waals surface area contributed by atoms with Crippen LogP contribution in [0.3, 0.4) is 0 Å². The molecule has 0 aromatic carbocycles. The Morgan fingerprint density at radius 1 is 1.17 bits per heavy atom. The number of carboxylic acid groups (broad SMARTS) is 1. The molecule has 0 saturated carbocycles. The van der Waals surface area contributed by atoms with E-state index in [4.69, 9.17) is 5.11 Å². The van der Waals surface area contributed by atoms with Gasteiger partial charge in [0.05, 0.1) is 6.54 Å². The molecule has 1 amide bonds. The lowest BCUT2D eigenvalue weighted by Gasteiger charge is -2.33. The van der Waals surface area contributed by atoms with Crippen LogP contribution in [-0.2, 0) is 16.1 Å². The van der Waals surface area contributed by atoms with Crippen molar-refractivity contribution in [3.05, 3.63) is 18.0 Å². The largest absolute Gasteiger partial charge is 0.480 e. The van der Waals surface area contributed by atoms with Crippen molar-refractivity contribution in [2.75, 3.05) is 32.7 Å². The Morgan fingerprint density at radius 3 is 2.70 bits per heavy atom. The van der Waals surface area contributed by atoms with Crippen LogP contribution in [0, 0.1) is 0 Å². The molecule has 3 rings (SSSR count). The zero-order valence-corrected chi connectivity index (χ0v) is 13.4. The highest BCUT2D eigenvalue weighted by molar-refractivity contribution is 5.78. The normalized spacial score (nSPS) is 22.4. The summed E-state index contributed by atoms with van der Waals surface area (Å²) in [6, 6.07) is 1.90. The van der Waals surface area contributed by atoms with Crippen LogP contribution in [0.2, 0.25) is 0 Å². The monoisotopic (exact) mass is 320 g/mol. The van der Waals surface area contributed by atoms with E-state index in [9.17, 15) is 9.59 Å². The molecule has 126 valence electrons. The van der Waals surface area contributed by atoms with Gasteiger partial charge in [-0.15, -0.1) is 0 Å². The number of rotatable bonds is 5. The van der Waals surface area contributed by atoms with Gasteiger partial charge < -0.3 is 10.0 Å². The number of carboxylic acids is 1. The summed E-state index contributed by atoms with van der Waals surface area (Å²) in [4.78, 5) is 27.4. The third-order valence-electron chi connectivity index (χ3n) is 4.78. The van der Waals surface area contributed by atoms with Gasteiger partial charge in [0, 0.05) is 37.4 Å². The average Bonchev–Trinajstić information content (AvgIpc) is 3.18. The summed E-state index contributed by atoms with van der Waals surface area (Å²) >= 11 is 0. The third-order valence-corrected chi connectivity index (χ3v) is 4.78. The van der Waals surface area contributed by atoms with Crippen molar-refractivity contribution in [2.24, 2.45) is 0 Å². The van der Waals surface area contributed by atoms with Gasteiger partial charge in [-0.2, -0.15) is 5.10 Å². The van der Waals surface area contributed by atoms with Crippen LogP contribution >= 0.6 is 0 Å². The first-order valence-corrected chi connectivity index (χ1v) is 8.37. The van der Waals surface area contributed by atoms with Crippen molar-refractivity contribution in [3.63, 3.8) is 0 Å². The highest BCUT2D eigenvalue weighted by Crippen LogP contribution is 2.26. The van der Waals surface area contributed by atoms with Gasteiger partial charge in [0.25, 0.3) is 0 Å². The van der Waals surface area contributed by atoms with Crippen molar-refractivity contribution in [1.29, 1.82) is 0 Å². The van der Waals surface area contributed by atoms with Gasteiger partial charge in [-0.25, -0.2) is 0 Å². The molecule has 3 heterocycles. The molecule has 23 heavy (non-hydrogen) atoms. The summed E-state index contributed by atoms with van der Waals surface area (Å²) in [6.45, 7) is 3.88. The van der Waals surface area contributed by atoms with E-state index in [0.29, 0.717) is 6.54 Å². The first kappa shape index (κ1) is 16.0. The number of amides is 1. The highest BCUT2D eigenvalue weighted by Gasteiger charge is 2.27. The van der Waals surface area contributed by atoms with Gasteiger partial charge in [0.1, 0.15) is 6.54 Å². The summed E-state index contributed by atoms with van der Waals surface area (Å²) in [5.41, 5.74) is 0.964. The van der Waals surface area contributed by atoms with Crippen molar-refractivity contribution < 1.29 is 14.7 Å². The molecule has 7 heteroatoms. The minimum Gasteiger partial charge on any atom is -0.480 e. The van der Waals surface area contributed by atoms with Crippen molar-refractivity contribution in [3.8, 4) is 0 Å². The molecule has 1 aromatic rings. The zero-order valence-electron chi connectivity index (χ0n) is 13.4. The molecule has 0 bridgehead atoms. The van der Waals surface area contributed by atoms with Crippen molar-refractivity contribution >= 4 is 11.9 Å². The molecule has 1 aromatic heterocycles. The topological polar surface area (TPSA) is 78.7 Å². The Balaban J connectivity index is 1.60. The van der Waals surface area contributed by atoms with Crippen LogP contribution < -0.4 is 0 Å². The van der Waals surface area contributed by atoms with Crippen LogP contribution in [0.15, 0.2) is 12.3 Å². The first-order chi connectivity index (χ1) is 11.1. The van der Waals surface area contributed by atoms with Crippen LogP contribution in [-0.4, -0.2) is 69.3 Å². The number of carbonyl (C=O) groups excluding carboxylic acids is 1. The zero-order chi connectivity index (χ0) is 16.2. The number of aliphatic carboxylic acids is 1. The van der Waals surface area contributed by atoms with E-state index >= 15 is 0 Å². The van der Waals surface area contributed by atoms with Crippen LogP contribution in [0.1, 0.15) is 37.3 Å². The predicted octanol–water partition coefficient (Wildman–Crippen LogP) is 0.769. The molecule has 2 aliphatic heterocycles. The second-order valence-corrected chi connectivity index (χ2v) is 6.47. The molecular weight excluding hydrogens is 296 g/mol. The summed E-state index contributed by atoms with van der Waals surface area (Å²) in [5, 5.41) is 13.1. The van der Waals surface area contributed by atoms with E-state index in [1.165, 1.54) is 0 Å². The van der Waals surface area contributed by atoms with E-state index < -0.39 is 5.97 Å². The number of likely N-dealkylation sites (tertiary alicyclic amines) is 2. The lowest BCUT2D eigenvalue weighted by Crippen LogP contribution is -2.43. The Kier molecular flexibility index (Phi) is 4.95. The molecule has 2 aliphatic rings. The maximum Gasteiger partial charge on any atom is 0.325 e. The number of piperidine rings is 1. The Bertz CT molecular complexity index is 565. The molecule has 0 aliphatic carbocycles. The van der Waals surface area contributed by atoms with Crippen LogP contribution in [0.5, 0.6) is 0 Å². The van der Waals surface area contributed by atoms with Crippen molar-refractivity contribution in [2.45, 2.75) is 38.1 Å². The molecule has 0 radical (unpaired) electrons. The smallest absolute Gasteiger partial charge is 0.325 e. The first-order valence-electron chi connectivity index (χ1n) is 8.37.